The molecule has 0 saturated heterocycles. The first kappa shape index (κ1) is 9.92. The molecule has 0 aromatic carbocycles. The second-order valence-corrected chi connectivity index (χ2v) is 2.55. The summed E-state index contributed by atoms with van der Waals surface area (Å²) in [6.07, 6.45) is 3.85. The average Bonchev–Trinajstić information content (AvgIpc) is 1.97. The lowest BCUT2D eigenvalue weighted by molar-refractivity contribution is 0.0336. The highest BCUT2D eigenvalue weighted by molar-refractivity contribution is 4.48. The standard InChI is InChI=1S/C8H18O2/c1-3-4-5-8(2)10-7-6-9/h8-9H,3-7H2,1-2H3. The number of aliphatic hydroxyl groups excluding tert-OH is 1. The van der Waals surface area contributed by atoms with Gasteiger partial charge in [0.1, 0.15) is 0 Å². The average molecular weight is 146 g/mol. The minimum Gasteiger partial charge on any atom is -0.394 e. The molecule has 0 radical (unpaired) electrons. The van der Waals surface area contributed by atoms with Gasteiger partial charge in [0.2, 0.25) is 0 Å². The van der Waals surface area contributed by atoms with Crippen LogP contribution < -0.4 is 0 Å². The van der Waals surface area contributed by atoms with Gasteiger partial charge in [-0.3, -0.25) is 0 Å². The van der Waals surface area contributed by atoms with Crippen molar-refractivity contribution in [2.24, 2.45) is 0 Å². The van der Waals surface area contributed by atoms with Crippen molar-refractivity contribution in [1.29, 1.82) is 0 Å². The molecule has 1 atom stereocenters. The van der Waals surface area contributed by atoms with E-state index < -0.39 is 0 Å². The summed E-state index contributed by atoms with van der Waals surface area (Å²) in [5.41, 5.74) is 0. The lowest BCUT2D eigenvalue weighted by atomic mass is 10.2. The molecule has 0 aliphatic carbocycles. The highest BCUT2D eigenvalue weighted by Crippen LogP contribution is 2.02. The number of ether oxygens (including phenoxy) is 1. The number of hydrogen-bond acceptors (Lipinski definition) is 2. The molecule has 0 bridgehead atoms. The minimum absolute atomic E-state index is 0.135. The molecule has 0 amide bonds. The smallest absolute Gasteiger partial charge is 0.0701 e. The summed E-state index contributed by atoms with van der Waals surface area (Å²) in [7, 11) is 0. The highest BCUT2D eigenvalue weighted by atomic mass is 16.5. The fourth-order valence-corrected chi connectivity index (χ4v) is 0.829. The topological polar surface area (TPSA) is 29.5 Å². The van der Waals surface area contributed by atoms with Crippen molar-refractivity contribution in [2.45, 2.75) is 39.2 Å². The van der Waals surface area contributed by atoms with Crippen molar-refractivity contribution in [1.82, 2.24) is 0 Å². The van der Waals surface area contributed by atoms with Crippen LogP contribution in [0.1, 0.15) is 33.1 Å². The molecule has 0 aromatic rings. The van der Waals surface area contributed by atoms with Crippen LogP contribution in [0.25, 0.3) is 0 Å². The number of hydrogen-bond donors (Lipinski definition) is 1. The van der Waals surface area contributed by atoms with Crippen LogP contribution in [0, 0.1) is 0 Å². The van der Waals surface area contributed by atoms with Crippen LogP contribution in [-0.2, 0) is 4.74 Å². The van der Waals surface area contributed by atoms with Crippen LogP contribution in [0.15, 0.2) is 0 Å². The van der Waals surface area contributed by atoms with Gasteiger partial charge in [0, 0.05) is 0 Å². The van der Waals surface area contributed by atoms with Gasteiger partial charge < -0.3 is 9.84 Å². The van der Waals surface area contributed by atoms with Gasteiger partial charge in [-0.25, -0.2) is 0 Å². The first-order valence-electron chi connectivity index (χ1n) is 4.03. The van der Waals surface area contributed by atoms with E-state index in [1.54, 1.807) is 0 Å². The van der Waals surface area contributed by atoms with Crippen LogP contribution in [0.5, 0.6) is 0 Å². The van der Waals surface area contributed by atoms with E-state index in [-0.39, 0.29) is 6.61 Å². The number of unbranched alkanes of at least 4 members (excludes halogenated alkanes) is 1. The van der Waals surface area contributed by atoms with E-state index in [1.807, 2.05) is 6.92 Å². The lowest BCUT2D eigenvalue weighted by Crippen LogP contribution is -2.10. The molecule has 1 N–H and O–H groups in total. The zero-order chi connectivity index (χ0) is 7.82. The summed E-state index contributed by atoms with van der Waals surface area (Å²) in [5.74, 6) is 0. The molecule has 2 nitrogen and oxygen atoms in total. The molecule has 10 heavy (non-hydrogen) atoms. The van der Waals surface area contributed by atoms with E-state index in [2.05, 4.69) is 6.92 Å². The predicted molar refractivity (Wildman–Crippen MR) is 42.0 cm³/mol. The largest absolute Gasteiger partial charge is 0.394 e. The predicted octanol–water partition coefficient (Wildman–Crippen LogP) is 1.57. The Kier molecular flexibility index (Phi) is 6.98. The third-order valence-corrected chi connectivity index (χ3v) is 1.46. The van der Waals surface area contributed by atoms with Crippen molar-refractivity contribution in [3.05, 3.63) is 0 Å². The Balaban J connectivity index is 3.00. The van der Waals surface area contributed by atoms with Crippen LogP contribution in [0.2, 0.25) is 0 Å². The Morgan fingerprint density at radius 3 is 2.70 bits per heavy atom. The molecule has 62 valence electrons. The maximum absolute atomic E-state index is 8.42. The van der Waals surface area contributed by atoms with E-state index >= 15 is 0 Å². The Labute approximate surface area is 63.2 Å². The fraction of sp³-hybridized carbons (Fsp3) is 1.00. The van der Waals surface area contributed by atoms with Gasteiger partial charge >= 0.3 is 0 Å². The molecule has 0 rings (SSSR count). The minimum atomic E-state index is 0.135. The molecule has 0 aliphatic heterocycles. The Hall–Kier alpha value is -0.0800. The third-order valence-electron chi connectivity index (χ3n) is 1.46. The van der Waals surface area contributed by atoms with Gasteiger partial charge in [0.05, 0.1) is 19.3 Å². The van der Waals surface area contributed by atoms with Crippen LogP contribution in [-0.4, -0.2) is 24.4 Å². The van der Waals surface area contributed by atoms with E-state index in [9.17, 15) is 0 Å². The Morgan fingerprint density at radius 1 is 1.50 bits per heavy atom. The molecule has 0 heterocycles. The summed E-state index contributed by atoms with van der Waals surface area (Å²) >= 11 is 0. The van der Waals surface area contributed by atoms with Crippen LogP contribution >= 0.6 is 0 Å². The van der Waals surface area contributed by atoms with E-state index in [0.29, 0.717) is 12.7 Å². The zero-order valence-corrected chi connectivity index (χ0v) is 6.97. The summed E-state index contributed by atoms with van der Waals surface area (Å²) in [4.78, 5) is 0. The molecule has 1 unspecified atom stereocenters. The molecule has 0 aliphatic rings. The summed E-state index contributed by atoms with van der Waals surface area (Å²) in [5, 5.41) is 8.42. The number of aliphatic hydroxyl groups is 1. The van der Waals surface area contributed by atoms with Gasteiger partial charge in [-0.2, -0.15) is 0 Å². The molecule has 0 spiro atoms. The normalized spacial score (nSPS) is 13.5. The zero-order valence-electron chi connectivity index (χ0n) is 6.97. The van der Waals surface area contributed by atoms with Gasteiger partial charge in [-0.1, -0.05) is 19.8 Å². The summed E-state index contributed by atoms with van der Waals surface area (Å²) < 4.78 is 5.24. The molecule has 2 heteroatoms. The monoisotopic (exact) mass is 146 g/mol. The maximum atomic E-state index is 8.42. The first-order chi connectivity index (χ1) is 4.81. The lowest BCUT2D eigenvalue weighted by Gasteiger charge is -2.10. The first-order valence-corrected chi connectivity index (χ1v) is 4.03. The molecular weight excluding hydrogens is 128 g/mol. The van der Waals surface area contributed by atoms with E-state index in [0.717, 1.165) is 6.42 Å². The van der Waals surface area contributed by atoms with Gasteiger partial charge in [-0.05, 0) is 13.3 Å². The summed E-state index contributed by atoms with van der Waals surface area (Å²) in [6.45, 7) is 4.82. The summed E-state index contributed by atoms with van der Waals surface area (Å²) in [6, 6.07) is 0. The Morgan fingerprint density at radius 2 is 2.20 bits per heavy atom. The second kappa shape index (κ2) is 7.03. The SMILES string of the molecule is CCCCC(C)OCCO. The van der Waals surface area contributed by atoms with Crippen molar-refractivity contribution < 1.29 is 9.84 Å². The van der Waals surface area contributed by atoms with Crippen LogP contribution in [0.3, 0.4) is 0 Å². The second-order valence-electron chi connectivity index (χ2n) is 2.55. The molecule has 0 aromatic heterocycles. The van der Waals surface area contributed by atoms with Gasteiger partial charge in [0.15, 0.2) is 0 Å². The van der Waals surface area contributed by atoms with Gasteiger partial charge in [0.25, 0.3) is 0 Å². The van der Waals surface area contributed by atoms with Crippen molar-refractivity contribution >= 4 is 0 Å². The Bertz CT molecular complexity index is 56.3. The quantitative estimate of drug-likeness (QED) is 0.616. The highest BCUT2D eigenvalue weighted by Gasteiger charge is 1.98. The molecule has 0 saturated carbocycles. The van der Waals surface area contributed by atoms with Crippen molar-refractivity contribution in [3.8, 4) is 0 Å². The van der Waals surface area contributed by atoms with Crippen molar-refractivity contribution in [2.75, 3.05) is 13.2 Å². The maximum Gasteiger partial charge on any atom is 0.0701 e. The molecule has 0 fully saturated rings. The van der Waals surface area contributed by atoms with Crippen molar-refractivity contribution in [3.63, 3.8) is 0 Å². The van der Waals surface area contributed by atoms with E-state index in [1.165, 1.54) is 12.8 Å². The molecular formula is C8H18O2. The van der Waals surface area contributed by atoms with Crippen LogP contribution in [0.4, 0.5) is 0 Å². The third kappa shape index (κ3) is 6.05. The fourth-order valence-electron chi connectivity index (χ4n) is 0.829. The van der Waals surface area contributed by atoms with E-state index in [4.69, 9.17) is 9.84 Å². The van der Waals surface area contributed by atoms with Gasteiger partial charge in [-0.15, -0.1) is 0 Å². The number of rotatable bonds is 6.